The van der Waals surface area contributed by atoms with Gasteiger partial charge in [0.25, 0.3) is 5.91 Å². The number of hydrogen-bond donors (Lipinski definition) is 1. The summed E-state index contributed by atoms with van der Waals surface area (Å²) in [6.45, 7) is 8.51. The number of amides is 2. The van der Waals surface area contributed by atoms with Gasteiger partial charge >= 0.3 is 0 Å². The average molecular weight is 367 g/mol. The molecule has 0 radical (unpaired) electrons. The molecule has 2 rings (SSSR count). The largest absolute Gasteiger partial charge is 0.340 e. The van der Waals surface area contributed by atoms with Crippen molar-refractivity contribution in [2.45, 2.75) is 46.7 Å². The molecule has 1 atom stereocenters. The lowest BCUT2D eigenvalue weighted by Gasteiger charge is -2.27. The highest BCUT2D eigenvalue weighted by atomic mass is 16.2. The topological polar surface area (TPSA) is 49.4 Å². The van der Waals surface area contributed by atoms with E-state index in [2.05, 4.69) is 36.5 Å². The summed E-state index contributed by atoms with van der Waals surface area (Å²) in [5.74, 6) is -0.301. The van der Waals surface area contributed by atoms with Gasteiger partial charge in [-0.15, -0.1) is 0 Å². The molecule has 0 saturated heterocycles. The van der Waals surface area contributed by atoms with Gasteiger partial charge in [-0.25, -0.2) is 0 Å². The van der Waals surface area contributed by atoms with Crippen LogP contribution in [0.5, 0.6) is 0 Å². The van der Waals surface area contributed by atoms with Gasteiger partial charge in [-0.1, -0.05) is 62.7 Å². The fraction of sp³-hybridized carbons (Fsp3) is 0.391. The second kappa shape index (κ2) is 9.36. The van der Waals surface area contributed by atoms with E-state index >= 15 is 0 Å². The van der Waals surface area contributed by atoms with Crippen molar-refractivity contribution in [3.05, 3.63) is 70.8 Å². The van der Waals surface area contributed by atoms with Crippen molar-refractivity contribution < 1.29 is 9.59 Å². The summed E-state index contributed by atoms with van der Waals surface area (Å²) in [7, 11) is 1.78. The van der Waals surface area contributed by atoms with E-state index in [9.17, 15) is 9.59 Å². The summed E-state index contributed by atoms with van der Waals surface area (Å²) < 4.78 is 0. The van der Waals surface area contributed by atoms with Gasteiger partial charge in [0.15, 0.2) is 0 Å². The lowest BCUT2D eigenvalue weighted by molar-refractivity contribution is -0.133. The molecular formula is C23H30N2O2. The van der Waals surface area contributed by atoms with Crippen LogP contribution in [-0.2, 0) is 17.8 Å². The number of aryl methyl sites for hydroxylation is 2. The maximum absolute atomic E-state index is 12.9. The maximum atomic E-state index is 12.9. The normalized spacial score (nSPS) is 11.9. The molecule has 4 nitrogen and oxygen atoms in total. The Kier molecular flexibility index (Phi) is 7.17. The standard InChI is InChI=1S/C23H30N2O2/c1-6-18-9-11-19(12-10-18)15-25(5)23(27)21(16(2)3)24-22(26)20-13-7-17(4)8-14-20/h7-14,16,21H,6,15H2,1-5H3,(H,24,26)/t21-/m0/s1. The molecule has 27 heavy (non-hydrogen) atoms. The van der Waals surface area contributed by atoms with Gasteiger partial charge in [0.2, 0.25) is 5.91 Å². The third kappa shape index (κ3) is 5.68. The number of nitrogens with zero attached hydrogens (tertiary/aromatic N) is 1. The van der Waals surface area contributed by atoms with Crippen LogP contribution < -0.4 is 5.32 Å². The average Bonchev–Trinajstić information content (AvgIpc) is 2.66. The van der Waals surface area contributed by atoms with E-state index in [1.54, 1.807) is 24.1 Å². The second-order valence-corrected chi connectivity index (χ2v) is 7.43. The van der Waals surface area contributed by atoms with E-state index in [0.717, 1.165) is 17.5 Å². The number of carbonyl (C=O) groups is 2. The van der Waals surface area contributed by atoms with E-state index in [4.69, 9.17) is 0 Å². The van der Waals surface area contributed by atoms with Crippen LogP contribution >= 0.6 is 0 Å². The lowest BCUT2D eigenvalue weighted by Crippen LogP contribution is -2.50. The number of benzene rings is 2. The Morgan fingerprint density at radius 3 is 2.04 bits per heavy atom. The molecule has 144 valence electrons. The van der Waals surface area contributed by atoms with Crippen molar-refractivity contribution in [3.63, 3.8) is 0 Å². The van der Waals surface area contributed by atoms with E-state index in [1.165, 1.54) is 5.56 Å². The zero-order valence-corrected chi connectivity index (χ0v) is 17.0. The summed E-state index contributed by atoms with van der Waals surface area (Å²) in [6.07, 6.45) is 0.996. The predicted octanol–water partition coefficient (Wildman–Crippen LogP) is 3.97. The quantitative estimate of drug-likeness (QED) is 0.806. The Balaban J connectivity index is 2.06. The van der Waals surface area contributed by atoms with E-state index in [-0.39, 0.29) is 17.7 Å². The monoisotopic (exact) mass is 366 g/mol. The van der Waals surface area contributed by atoms with Gasteiger partial charge in [-0.05, 0) is 42.5 Å². The smallest absolute Gasteiger partial charge is 0.251 e. The second-order valence-electron chi connectivity index (χ2n) is 7.43. The number of carbonyl (C=O) groups excluding carboxylic acids is 2. The summed E-state index contributed by atoms with van der Waals surface area (Å²) in [5, 5.41) is 2.91. The Labute approximate surface area is 162 Å². The zero-order chi connectivity index (χ0) is 20.0. The van der Waals surface area contributed by atoms with Crippen molar-refractivity contribution in [1.82, 2.24) is 10.2 Å². The van der Waals surface area contributed by atoms with Crippen molar-refractivity contribution >= 4 is 11.8 Å². The van der Waals surface area contributed by atoms with E-state index in [1.807, 2.05) is 32.9 Å². The first-order valence-electron chi connectivity index (χ1n) is 9.52. The molecule has 0 unspecified atom stereocenters. The minimum atomic E-state index is -0.557. The van der Waals surface area contributed by atoms with Gasteiger partial charge in [0, 0.05) is 19.2 Å². The minimum absolute atomic E-state index is 0.00295. The molecule has 0 fully saturated rings. The van der Waals surface area contributed by atoms with Crippen LogP contribution in [0.2, 0.25) is 0 Å². The van der Waals surface area contributed by atoms with Crippen LogP contribution in [0.25, 0.3) is 0 Å². The highest BCUT2D eigenvalue weighted by Gasteiger charge is 2.27. The molecule has 2 aromatic rings. The first-order chi connectivity index (χ1) is 12.8. The molecule has 0 aliphatic carbocycles. The molecule has 0 aromatic heterocycles. The highest BCUT2D eigenvalue weighted by molar-refractivity contribution is 5.97. The number of likely N-dealkylation sites (N-methyl/N-ethyl adjacent to an activating group) is 1. The summed E-state index contributed by atoms with van der Waals surface area (Å²) in [6, 6.07) is 15.1. The predicted molar refractivity (Wildman–Crippen MR) is 110 cm³/mol. The van der Waals surface area contributed by atoms with Crippen LogP contribution in [0.15, 0.2) is 48.5 Å². The summed E-state index contributed by atoms with van der Waals surface area (Å²) >= 11 is 0. The highest BCUT2D eigenvalue weighted by Crippen LogP contribution is 2.12. The number of rotatable bonds is 7. The van der Waals surface area contributed by atoms with Crippen LogP contribution in [0.1, 0.15) is 47.8 Å². The van der Waals surface area contributed by atoms with Crippen LogP contribution in [0.4, 0.5) is 0 Å². The third-order valence-electron chi connectivity index (χ3n) is 4.76. The van der Waals surface area contributed by atoms with Gasteiger partial charge in [-0.3, -0.25) is 9.59 Å². The Hall–Kier alpha value is -2.62. The van der Waals surface area contributed by atoms with Crippen LogP contribution in [-0.4, -0.2) is 29.8 Å². The molecule has 0 heterocycles. The molecule has 1 N–H and O–H groups in total. The first kappa shape index (κ1) is 20.7. The number of hydrogen-bond acceptors (Lipinski definition) is 2. The summed E-state index contributed by atoms with van der Waals surface area (Å²) in [5.41, 5.74) is 4.02. The van der Waals surface area contributed by atoms with E-state index in [0.29, 0.717) is 12.1 Å². The molecule has 0 saturated carbocycles. The maximum Gasteiger partial charge on any atom is 0.251 e. The minimum Gasteiger partial charge on any atom is -0.340 e. The third-order valence-corrected chi connectivity index (χ3v) is 4.76. The fourth-order valence-electron chi connectivity index (χ4n) is 2.91. The molecule has 0 spiro atoms. The molecule has 2 aromatic carbocycles. The number of nitrogens with one attached hydrogen (secondary N) is 1. The summed E-state index contributed by atoms with van der Waals surface area (Å²) in [4.78, 5) is 27.2. The van der Waals surface area contributed by atoms with Crippen LogP contribution in [0, 0.1) is 12.8 Å². The van der Waals surface area contributed by atoms with Crippen molar-refractivity contribution in [1.29, 1.82) is 0 Å². The van der Waals surface area contributed by atoms with Crippen LogP contribution in [0.3, 0.4) is 0 Å². The lowest BCUT2D eigenvalue weighted by atomic mass is 10.0. The first-order valence-corrected chi connectivity index (χ1v) is 9.52. The Morgan fingerprint density at radius 2 is 1.52 bits per heavy atom. The zero-order valence-electron chi connectivity index (χ0n) is 17.0. The SMILES string of the molecule is CCc1ccc(CN(C)C(=O)[C@@H](NC(=O)c2ccc(C)cc2)C(C)C)cc1. The molecule has 0 aliphatic heterocycles. The molecule has 2 amide bonds. The van der Waals surface area contributed by atoms with Gasteiger partial charge < -0.3 is 10.2 Å². The van der Waals surface area contributed by atoms with Gasteiger partial charge in [-0.2, -0.15) is 0 Å². The van der Waals surface area contributed by atoms with E-state index < -0.39 is 6.04 Å². The van der Waals surface area contributed by atoms with Crippen molar-refractivity contribution in [3.8, 4) is 0 Å². The van der Waals surface area contributed by atoms with Crippen molar-refractivity contribution in [2.24, 2.45) is 5.92 Å². The fourth-order valence-corrected chi connectivity index (χ4v) is 2.91. The van der Waals surface area contributed by atoms with Gasteiger partial charge in [0.05, 0.1) is 0 Å². The Bertz CT molecular complexity index is 764. The Morgan fingerprint density at radius 1 is 0.963 bits per heavy atom. The van der Waals surface area contributed by atoms with Crippen molar-refractivity contribution in [2.75, 3.05) is 7.05 Å². The van der Waals surface area contributed by atoms with Gasteiger partial charge in [0.1, 0.15) is 6.04 Å². The molecule has 4 heteroatoms. The molecule has 0 bridgehead atoms. The molecule has 0 aliphatic rings. The molecular weight excluding hydrogens is 336 g/mol.